The quantitative estimate of drug-likeness (QED) is 0.883. The largest absolute Gasteiger partial charge is 0.451 e. The van der Waals surface area contributed by atoms with E-state index in [9.17, 15) is 13.2 Å². The summed E-state index contributed by atoms with van der Waals surface area (Å²) >= 11 is 5.55. The predicted octanol–water partition coefficient (Wildman–Crippen LogP) is 2.77. The molecule has 2 rings (SSSR count). The van der Waals surface area contributed by atoms with Crippen LogP contribution in [-0.2, 0) is 12.7 Å². The van der Waals surface area contributed by atoms with Gasteiger partial charge >= 0.3 is 6.18 Å². The van der Waals surface area contributed by atoms with E-state index in [0.29, 0.717) is 13.1 Å². The third kappa shape index (κ3) is 3.83. The van der Waals surface area contributed by atoms with Gasteiger partial charge in [0, 0.05) is 18.8 Å². The van der Waals surface area contributed by atoms with Crippen molar-refractivity contribution in [3.05, 3.63) is 35.0 Å². The second kappa shape index (κ2) is 5.66. The summed E-state index contributed by atoms with van der Waals surface area (Å²) < 4.78 is 39.2. The number of halogens is 4. The minimum Gasteiger partial charge on any atom is -0.368 e. The number of aryl methyl sites for hydroxylation is 1. The maximum Gasteiger partial charge on any atom is 0.451 e. The summed E-state index contributed by atoms with van der Waals surface area (Å²) in [6.07, 6.45) is -1.10. The van der Waals surface area contributed by atoms with Gasteiger partial charge in [0.1, 0.15) is 11.0 Å². The lowest BCUT2D eigenvalue weighted by molar-refractivity contribution is -0.144. The van der Waals surface area contributed by atoms with Crippen molar-refractivity contribution in [2.24, 2.45) is 0 Å². The molecule has 0 aliphatic rings. The first kappa shape index (κ1) is 14.6. The smallest absolute Gasteiger partial charge is 0.368 e. The van der Waals surface area contributed by atoms with Crippen molar-refractivity contribution in [1.29, 1.82) is 0 Å². The second-order valence-electron chi connectivity index (χ2n) is 4.10. The molecule has 2 aromatic rings. The maximum atomic E-state index is 12.5. The molecule has 20 heavy (non-hydrogen) atoms. The molecule has 9 heteroatoms. The topological polar surface area (TPSA) is 55.6 Å². The molecular weight excluding hydrogens is 295 g/mol. The normalized spacial score (nSPS) is 11.7. The molecular formula is C11H11ClF3N5. The molecule has 0 aromatic carbocycles. The monoisotopic (exact) mass is 305 g/mol. The SMILES string of the molecule is Cc1cnn(CCNc2cc(Cl)nc(C(F)(F)F)n2)c1. The first-order valence-electron chi connectivity index (χ1n) is 5.69. The van der Waals surface area contributed by atoms with Gasteiger partial charge in [0.25, 0.3) is 0 Å². The van der Waals surface area contributed by atoms with E-state index >= 15 is 0 Å². The van der Waals surface area contributed by atoms with Gasteiger partial charge < -0.3 is 5.32 Å². The first-order chi connectivity index (χ1) is 9.34. The Balaban J connectivity index is 2.00. The lowest BCUT2D eigenvalue weighted by atomic mass is 10.4. The molecule has 2 aromatic heterocycles. The molecule has 2 heterocycles. The van der Waals surface area contributed by atoms with Crippen molar-refractivity contribution in [1.82, 2.24) is 19.7 Å². The van der Waals surface area contributed by atoms with Gasteiger partial charge in [0.2, 0.25) is 5.82 Å². The Bertz CT molecular complexity index is 596. The average molecular weight is 306 g/mol. The van der Waals surface area contributed by atoms with Gasteiger partial charge in [-0.3, -0.25) is 4.68 Å². The van der Waals surface area contributed by atoms with E-state index in [2.05, 4.69) is 20.4 Å². The van der Waals surface area contributed by atoms with Crippen LogP contribution in [0.4, 0.5) is 19.0 Å². The molecule has 0 radical (unpaired) electrons. The molecule has 0 spiro atoms. The molecule has 0 aliphatic heterocycles. The molecule has 0 bridgehead atoms. The summed E-state index contributed by atoms with van der Waals surface area (Å²) in [7, 11) is 0. The van der Waals surface area contributed by atoms with Crippen LogP contribution in [0.15, 0.2) is 18.5 Å². The van der Waals surface area contributed by atoms with Gasteiger partial charge in [-0.15, -0.1) is 0 Å². The number of nitrogens with one attached hydrogen (secondary N) is 1. The molecule has 1 N–H and O–H groups in total. The standard InChI is InChI=1S/C11H11ClF3N5/c1-7-5-17-20(6-7)3-2-16-9-4-8(12)18-10(19-9)11(13,14)15/h4-6H,2-3H2,1H3,(H,16,18,19). The zero-order valence-electron chi connectivity index (χ0n) is 10.4. The predicted molar refractivity (Wildman–Crippen MR) is 67.5 cm³/mol. The molecule has 0 unspecified atom stereocenters. The lowest BCUT2D eigenvalue weighted by Gasteiger charge is -2.09. The van der Waals surface area contributed by atoms with Gasteiger partial charge in [-0.05, 0) is 12.5 Å². The lowest BCUT2D eigenvalue weighted by Crippen LogP contribution is -2.15. The van der Waals surface area contributed by atoms with Gasteiger partial charge in [0.15, 0.2) is 0 Å². The number of hydrogen-bond donors (Lipinski definition) is 1. The van der Waals surface area contributed by atoms with Gasteiger partial charge in [-0.25, -0.2) is 9.97 Å². The highest BCUT2D eigenvalue weighted by atomic mass is 35.5. The van der Waals surface area contributed by atoms with Crippen LogP contribution in [0.25, 0.3) is 0 Å². The van der Waals surface area contributed by atoms with Crippen LogP contribution in [0.1, 0.15) is 11.4 Å². The zero-order valence-corrected chi connectivity index (χ0v) is 11.2. The van der Waals surface area contributed by atoms with E-state index in [0.717, 1.165) is 5.56 Å². The van der Waals surface area contributed by atoms with E-state index in [-0.39, 0.29) is 11.0 Å². The number of aromatic nitrogens is 4. The molecule has 0 saturated carbocycles. The third-order valence-corrected chi connectivity index (χ3v) is 2.55. The fourth-order valence-corrected chi connectivity index (χ4v) is 1.71. The van der Waals surface area contributed by atoms with Gasteiger partial charge in [0.05, 0.1) is 12.7 Å². The van der Waals surface area contributed by atoms with Crippen molar-refractivity contribution in [2.45, 2.75) is 19.6 Å². The highest BCUT2D eigenvalue weighted by molar-refractivity contribution is 6.29. The number of alkyl halides is 3. The maximum absolute atomic E-state index is 12.5. The minimum atomic E-state index is -4.62. The highest BCUT2D eigenvalue weighted by Crippen LogP contribution is 2.28. The van der Waals surface area contributed by atoms with Crippen molar-refractivity contribution in [3.63, 3.8) is 0 Å². The van der Waals surface area contributed by atoms with Crippen molar-refractivity contribution in [2.75, 3.05) is 11.9 Å². The van der Waals surface area contributed by atoms with E-state index in [1.54, 1.807) is 10.9 Å². The molecule has 108 valence electrons. The summed E-state index contributed by atoms with van der Waals surface area (Å²) in [5.74, 6) is -1.23. The summed E-state index contributed by atoms with van der Waals surface area (Å²) in [4.78, 5) is 6.53. The van der Waals surface area contributed by atoms with Crippen LogP contribution in [0.5, 0.6) is 0 Å². The Kier molecular flexibility index (Phi) is 4.12. The highest BCUT2D eigenvalue weighted by Gasteiger charge is 2.35. The molecule has 0 amide bonds. The van der Waals surface area contributed by atoms with E-state index in [1.165, 1.54) is 6.07 Å². The summed E-state index contributed by atoms with van der Waals surface area (Å²) in [6.45, 7) is 2.76. The fraction of sp³-hybridized carbons (Fsp3) is 0.364. The van der Waals surface area contributed by atoms with Crippen molar-refractivity contribution in [3.8, 4) is 0 Å². The Morgan fingerprint density at radius 3 is 2.70 bits per heavy atom. The number of hydrogen-bond acceptors (Lipinski definition) is 4. The third-order valence-electron chi connectivity index (χ3n) is 2.36. The summed E-state index contributed by atoms with van der Waals surface area (Å²) in [5, 5.41) is 6.56. The Morgan fingerprint density at radius 1 is 1.35 bits per heavy atom. The Hall–Kier alpha value is -1.83. The summed E-state index contributed by atoms with van der Waals surface area (Å²) in [5.41, 5.74) is 1.01. The van der Waals surface area contributed by atoms with E-state index in [1.807, 2.05) is 13.1 Å². The van der Waals surface area contributed by atoms with Crippen LogP contribution >= 0.6 is 11.6 Å². The second-order valence-corrected chi connectivity index (χ2v) is 4.49. The molecule has 0 atom stereocenters. The number of anilines is 1. The Morgan fingerprint density at radius 2 is 2.10 bits per heavy atom. The summed E-state index contributed by atoms with van der Waals surface area (Å²) in [6, 6.07) is 1.24. The fourth-order valence-electron chi connectivity index (χ4n) is 1.52. The Labute approximate surface area is 117 Å². The van der Waals surface area contributed by atoms with E-state index in [4.69, 9.17) is 11.6 Å². The van der Waals surface area contributed by atoms with Crippen molar-refractivity contribution < 1.29 is 13.2 Å². The van der Waals surface area contributed by atoms with E-state index < -0.39 is 12.0 Å². The number of nitrogens with zero attached hydrogens (tertiary/aromatic N) is 4. The average Bonchev–Trinajstić information content (AvgIpc) is 2.73. The first-order valence-corrected chi connectivity index (χ1v) is 6.07. The van der Waals surface area contributed by atoms with Crippen LogP contribution < -0.4 is 5.32 Å². The molecule has 0 saturated heterocycles. The minimum absolute atomic E-state index is 0.0289. The van der Waals surface area contributed by atoms with Crippen LogP contribution in [0.2, 0.25) is 5.15 Å². The molecule has 0 fully saturated rings. The van der Waals surface area contributed by atoms with Crippen molar-refractivity contribution >= 4 is 17.4 Å². The number of rotatable bonds is 4. The van der Waals surface area contributed by atoms with Gasteiger partial charge in [-0.2, -0.15) is 18.3 Å². The van der Waals surface area contributed by atoms with Gasteiger partial charge in [-0.1, -0.05) is 11.6 Å². The zero-order chi connectivity index (χ0) is 14.8. The molecule has 5 nitrogen and oxygen atoms in total. The van der Waals surface area contributed by atoms with Crippen LogP contribution in [0.3, 0.4) is 0 Å². The van der Waals surface area contributed by atoms with Crippen LogP contribution in [0, 0.1) is 6.92 Å². The molecule has 0 aliphatic carbocycles. The van der Waals surface area contributed by atoms with Crippen LogP contribution in [-0.4, -0.2) is 26.3 Å².